The summed E-state index contributed by atoms with van der Waals surface area (Å²) in [6, 6.07) is 18.4. The second-order valence-corrected chi connectivity index (χ2v) is 16.9. The number of amides is 3. The van der Waals surface area contributed by atoms with Crippen LogP contribution in [0.5, 0.6) is 5.75 Å². The van der Waals surface area contributed by atoms with E-state index in [1.54, 1.807) is 7.11 Å². The number of hydrogen-bond donors (Lipinski definition) is 2. The van der Waals surface area contributed by atoms with Gasteiger partial charge < -0.3 is 19.9 Å². The van der Waals surface area contributed by atoms with Crippen molar-refractivity contribution in [2.24, 2.45) is 11.3 Å². The molecule has 3 saturated heterocycles. The number of carbonyl (C=O) groups excluding carboxylic acids is 3. The lowest BCUT2D eigenvalue weighted by molar-refractivity contribution is -0.134. The smallest absolute Gasteiger partial charge is 0.256 e. The number of ether oxygens (including phenoxy) is 1. The molecular weight excluding hydrogens is 729 g/mol. The molecule has 0 radical (unpaired) electrons. The zero-order chi connectivity index (χ0) is 39.8. The van der Waals surface area contributed by atoms with Crippen molar-refractivity contribution in [1.82, 2.24) is 25.0 Å². The van der Waals surface area contributed by atoms with Gasteiger partial charge in [-0.15, -0.1) is 0 Å². The van der Waals surface area contributed by atoms with Gasteiger partial charge in [0.1, 0.15) is 5.75 Å². The van der Waals surface area contributed by atoms with Crippen molar-refractivity contribution in [3.63, 3.8) is 0 Å². The van der Waals surface area contributed by atoms with E-state index in [4.69, 9.17) is 16.4 Å². The Morgan fingerprint density at radius 2 is 1.71 bits per heavy atom. The summed E-state index contributed by atoms with van der Waals surface area (Å²) in [7, 11) is 1.58. The summed E-state index contributed by atoms with van der Waals surface area (Å²) in [6.07, 6.45) is 15.4. The molecule has 3 aliphatic heterocycles. The maximum Gasteiger partial charge on any atom is 0.256 e. The quantitative estimate of drug-likeness (QED) is 0.120. The van der Waals surface area contributed by atoms with Crippen LogP contribution < -0.4 is 20.3 Å². The molecule has 1 atom stereocenters. The Morgan fingerprint density at radius 1 is 0.948 bits per heavy atom. The Kier molecular flexibility index (Phi) is 10.3. The van der Waals surface area contributed by atoms with Crippen LogP contribution in [-0.4, -0.2) is 77.2 Å². The predicted octanol–water partition coefficient (Wildman–Crippen LogP) is 8.03. The number of likely N-dealkylation sites (tertiary alicyclic amines) is 1. The van der Waals surface area contributed by atoms with Gasteiger partial charge in [0.2, 0.25) is 17.5 Å². The first-order valence-electron chi connectivity index (χ1n) is 20.8. The highest BCUT2D eigenvalue weighted by atomic mass is 16.5. The average molecular weight is 779 g/mol. The molecule has 9 rings (SSSR count). The highest BCUT2D eigenvalue weighted by Crippen LogP contribution is 2.44. The van der Waals surface area contributed by atoms with E-state index in [-0.39, 0.29) is 23.6 Å². The third-order valence-electron chi connectivity index (χ3n) is 13.5. The van der Waals surface area contributed by atoms with Crippen LogP contribution in [0.25, 0.3) is 26.5 Å². The number of aromatic nitrogens is 3. The van der Waals surface area contributed by atoms with Crippen LogP contribution in [0.15, 0.2) is 73.2 Å². The fourth-order valence-electron chi connectivity index (χ4n) is 10.1. The fourth-order valence-corrected chi connectivity index (χ4v) is 10.1. The van der Waals surface area contributed by atoms with E-state index < -0.39 is 0 Å². The molecule has 58 heavy (non-hydrogen) atoms. The minimum absolute atomic E-state index is 0.177. The molecule has 12 nitrogen and oxygen atoms in total. The van der Waals surface area contributed by atoms with Crippen LogP contribution in [0.4, 0.5) is 17.1 Å². The average Bonchev–Trinajstić information content (AvgIpc) is 3.67. The number of hydrogen-bond acceptors (Lipinski definition) is 8. The van der Waals surface area contributed by atoms with Crippen molar-refractivity contribution in [2.45, 2.75) is 76.2 Å². The van der Waals surface area contributed by atoms with Gasteiger partial charge >= 0.3 is 0 Å². The maximum absolute atomic E-state index is 13.0. The second-order valence-electron chi connectivity index (χ2n) is 16.9. The van der Waals surface area contributed by atoms with Gasteiger partial charge in [-0.05, 0) is 111 Å². The van der Waals surface area contributed by atoms with Gasteiger partial charge in [0.05, 0.1) is 36.8 Å². The van der Waals surface area contributed by atoms with Crippen molar-refractivity contribution in [3.8, 4) is 5.75 Å². The molecule has 3 amide bonds. The summed E-state index contributed by atoms with van der Waals surface area (Å²) in [5, 5.41) is 13.7. The van der Waals surface area contributed by atoms with Crippen molar-refractivity contribution >= 4 is 56.5 Å². The van der Waals surface area contributed by atoms with Crippen LogP contribution in [0, 0.1) is 17.9 Å². The Morgan fingerprint density at radius 3 is 2.47 bits per heavy atom. The second kappa shape index (κ2) is 15.9. The number of nitrogens with one attached hydrogen (secondary N) is 2. The van der Waals surface area contributed by atoms with E-state index in [1.807, 2.05) is 12.1 Å². The molecule has 1 unspecified atom stereocenters. The molecule has 2 aromatic heterocycles. The number of pyridine rings is 1. The van der Waals surface area contributed by atoms with E-state index >= 15 is 0 Å². The molecule has 12 heteroatoms. The number of fused-ring (bicyclic) bond motifs is 2. The minimum Gasteiger partial charge on any atom is -0.494 e. The lowest BCUT2D eigenvalue weighted by Crippen LogP contribution is -2.48. The summed E-state index contributed by atoms with van der Waals surface area (Å²) in [5.41, 5.74) is 4.71. The van der Waals surface area contributed by atoms with Crippen molar-refractivity contribution in [3.05, 3.63) is 95.7 Å². The largest absolute Gasteiger partial charge is 0.494 e. The van der Waals surface area contributed by atoms with E-state index in [0.717, 1.165) is 47.8 Å². The van der Waals surface area contributed by atoms with E-state index in [1.165, 1.54) is 87.7 Å². The summed E-state index contributed by atoms with van der Waals surface area (Å²) in [6.45, 7) is 12.9. The zero-order valence-electron chi connectivity index (χ0n) is 33.1. The summed E-state index contributed by atoms with van der Waals surface area (Å²) in [4.78, 5) is 50.2. The Hall–Kier alpha value is -5.80. The van der Waals surface area contributed by atoms with Gasteiger partial charge in [0.15, 0.2) is 0 Å². The fraction of sp³-hybridized carbons (Fsp3) is 0.435. The van der Waals surface area contributed by atoms with E-state index in [9.17, 15) is 14.4 Å². The molecule has 1 aliphatic carbocycles. The summed E-state index contributed by atoms with van der Waals surface area (Å²) >= 11 is 0. The molecule has 3 aromatic carbocycles. The molecule has 298 valence electrons. The third kappa shape index (κ3) is 7.51. The van der Waals surface area contributed by atoms with Crippen molar-refractivity contribution in [1.29, 1.82) is 0 Å². The van der Waals surface area contributed by atoms with E-state index in [0.29, 0.717) is 52.9 Å². The molecule has 0 bridgehead atoms. The molecule has 2 N–H and O–H groups in total. The first kappa shape index (κ1) is 37.8. The van der Waals surface area contributed by atoms with Gasteiger partial charge in [-0.2, -0.15) is 5.10 Å². The molecule has 1 spiro atoms. The maximum atomic E-state index is 13.0. The van der Waals surface area contributed by atoms with Crippen LogP contribution in [0.3, 0.4) is 0 Å². The van der Waals surface area contributed by atoms with Crippen molar-refractivity contribution in [2.75, 3.05) is 50.1 Å². The van der Waals surface area contributed by atoms with Crippen LogP contribution in [0.2, 0.25) is 0 Å². The minimum atomic E-state index is -0.350. The Labute approximate surface area is 338 Å². The number of nitrogens with zero attached hydrogens (tertiary/aromatic N) is 6. The summed E-state index contributed by atoms with van der Waals surface area (Å²) < 4.78 is 7.74. The monoisotopic (exact) mass is 778 g/mol. The van der Waals surface area contributed by atoms with Crippen LogP contribution >= 0.6 is 0 Å². The molecular formula is C46H50N8O4. The lowest BCUT2D eigenvalue weighted by Gasteiger charge is -2.48. The lowest BCUT2D eigenvalue weighted by atomic mass is 9.71. The van der Waals surface area contributed by atoms with Gasteiger partial charge in [-0.1, -0.05) is 30.3 Å². The number of rotatable bonds is 8. The molecule has 4 aliphatic rings. The number of anilines is 2. The van der Waals surface area contributed by atoms with Gasteiger partial charge in [0, 0.05) is 72.7 Å². The van der Waals surface area contributed by atoms with Gasteiger partial charge in [-0.3, -0.25) is 29.4 Å². The van der Waals surface area contributed by atoms with Gasteiger partial charge in [-0.25, -0.2) is 4.85 Å². The highest BCUT2D eigenvalue weighted by molar-refractivity contribution is 6.07. The molecule has 5 heterocycles. The molecule has 1 saturated carbocycles. The van der Waals surface area contributed by atoms with E-state index in [2.05, 4.69) is 77.5 Å². The topological polar surface area (TPSA) is 126 Å². The first-order valence-corrected chi connectivity index (χ1v) is 20.8. The number of piperidine rings is 3. The molecule has 5 aromatic rings. The standard InChI is InChI=1S/C46H50N8O4/c1-47-33-23-31(26-48-27-33)44(56)49-40-24-32-29-54(51-39(32)25-42(40)58-2)34-11-9-30(10-12-34)28-52-19-15-46(16-20-52)17-21-53(22-18-46)41-8-4-6-35-36(5-3-7-37(35)41)38-13-14-43(55)50-45(38)57/h3-8,23-27,29-30,34,38H,9-22,28H2,2H3,(H,49,56)(H,50,55,57). The number of imide groups is 1. The van der Waals surface area contributed by atoms with Crippen LogP contribution in [-0.2, 0) is 9.59 Å². The first-order chi connectivity index (χ1) is 28.3. The van der Waals surface area contributed by atoms with Crippen LogP contribution in [0.1, 0.15) is 92.1 Å². The number of benzene rings is 3. The van der Waals surface area contributed by atoms with Crippen molar-refractivity contribution < 1.29 is 19.1 Å². The zero-order valence-corrected chi connectivity index (χ0v) is 33.1. The highest BCUT2D eigenvalue weighted by Gasteiger charge is 2.39. The third-order valence-corrected chi connectivity index (χ3v) is 13.5. The number of carbonyl (C=O) groups is 3. The molecule has 4 fully saturated rings. The number of methoxy groups -OCH3 is 1. The SMILES string of the molecule is [C-]#[N+]c1cncc(C(=O)Nc2cc3cn(C4CCC(CN5CCC6(CC5)CCN(c5cccc7c(C8CCC(=O)NC8=O)cccc57)CC6)CC4)nc3cc2OC)c1. The van der Waals surface area contributed by atoms with Gasteiger partial charge in [0.25, 0.3) is 5.91 Å². The predicted molar refractivity (Wildman–Crippen MR) is 224 cm³/mol. The summed E-state index contributed by atoms with van der Waals surface area (Å²) in [5.74, 6) is 0.236. The Balaban J connectivity index is 0.768. The normalized spacial score (nSPS) is 22.5. The Bertz CT molecular complexity index is 2410.